The van der Waals surface area contributed by atoms with Crippen molar-refractivity contribution in [3.63, 3.8) is 0 Å². The van der Waals surface area contributed by atoms with E-state index < -0.39 is 11.8 Å². The number of unbranched alkanes of at least 4 members (excludes halogenated alkanes) is 1. The SMILES string of the molecule is CCC(C)C(CC(=O)NO)C(=O)NCc1cn(CCCCC(=O)Nc2ccc3c(c2)Cc2ccccc2-3)nn1. The molecule has 1 aliphatic carbocycles. The number of hydroxylamine groups is 1. The van der Waals surface area contributed by atoms with Gasteiger partial charge in [-0.2, -0.15) is 0 Å². The van der Waals surface area contributed by atoms with Crippen LogP contribution in [0.3, 0.4) is 0 Å². The summed E-state index contributed by atoms with van der Waals surface area (Å²) in [7, 11) is 0. The molecule has 2 unspecified atom stereocenters. The summed E-state index contributed by atoms with van der Waals surface area (Å²) < 4.78 is 1.70. The second kappa shape index (κ2) is 13.1. The first-order chi connectivity index (χ1) is 18.9. The maximum absolute atomic E-state index is 12.6. The molecule has 3 aromatic rings. The lowest BCUT2D eigenvalue weighted by molar-refractivity contribution is -0.136. The van der Waals surface area contributed by atoms with Gasteiger partial charge in [-0.25, -0.2) is 5.48 Å². The molecule has 39 heavy (non-hydrogen) atoms. The van der Waals surface area contributed by atoms with E-state index in [9.17, 15) is 14.4 Å². The Kier molecular flexibility index (Phi) is 9.43. The Morgan fingerprint density at radius 3 is 2.64 bits per heavy atom. The van der Waals surface area contributed by atoms with E-state index in [-0.39, 0.29) is 30.7 Å². The first-order valence-electron chi connectivity index (χ1n) is 13.5. The Morgan fingerprint density at radius 1 is 1.05 bits per heavy atom. The highest BCUT2D eigenvalue weighted by Gasteiger charge is 2.26. The van der Waals surface area contributed by atoms with Crippen LogP contribution in [-0.4, -0.2) is 37.9 Å². The molecule has 0 fully saturated rings. The maximum Gasteiger partial charge on any atom is 0.244 e. The number of fused-ring (bicyclic) bond motifs is 3. The summed E-state index contributed by atoms with van der Waals surface area (Å²) in [6, 6.07) is 14.5. The van der Waals surface area contributed by atoms with Crippen molar-refractivity contribution in [1.29, 1.82) is 0 Å². The third kappa shape index (κ3) is 7.29. The first kappa shape index (κ1) is 28.0. The molecule has 0 bridgehead atoms. The van der Waals surface area contributed by atoms with E-state index in [0.29, 0.717) is 25.1 Å². The molecule has 0 radical (unpaired) electrons. The van der Waals surface area contributed by atoms with Crippen molar-refractivity contribution in [2.75, 3.05) is 5.32 Å². The summed E-state index contributed by atoms with van der Waals surface area (Å²) in [5.74, 6) is -1.43. The van der Waals surface area contributed by atoms with Crippen LogP contribution in [0, 0.1) is 11.8 Å². The minimum Gasteiger partial charge on any atom is -0.350 e. The lowest BCUT2D eigenvalue weighted by Gasteiger charge is -2.21. The molecule has 0 aliphatic heterocycles. The first-order valence-corrected chi connectivity index (χ1v) is 13.5. The highest BCUT2D eigenvalue weighted by molar-refractivity contribution is 5.91. The van der Waals surface area contributed by atoms with E-state index in [1.54, 1.807) is 16.4 Å². The maximum atomic E-state index is 12.6. The van der Waals surface area contributed by atoms with E-state index in [4.69, 9.17) is 5.21 Å². The third-order valence-corrected chi connectivity index (χ3v) is 7.35. The molecule has 2 atom stereocenters. The van der Waals surface area contributed by atoms with Gasteiger partial charge in [0.1, 0.15) is 5.69 Å². The summed E-state index contributed by atoms with van der Waals surface area (Å²) in [5.41, 5.74) is 8.08. The minimum atomic E-state index is -0.590. The van der Waals surface area contributed by atoms with Crippen molar-refractivity contribution in [1.82, 2.24) is 25.8 Å². The molecule has 0 saturated heterocycles. The zero-order valence-corrected chi connectivity index (χ0v) is 22.4. The van der Waals surface area contributed by atoms with E-state index in [1.807, 2.05) is 19.9 Å². The van der Waals surface area contributed by atoms with Crippen LogP contribution in [0.15, 0.2) is 48.7 Å². The molecule has 0 spiro atoms. The normalized spacial score (nSPS) is 13.2. The lowest BCUT2D eigenvalue weighted by Crippen LogP contribution is -2.37. The Balaban J connectivity index is 1.17. The van der Waals surface area contributed by atoms with Gasteiger partial charge in [-0.1, -0.05) is 55.8 Å². The van der Waals surface area contributed by atoms with Crippen molar-refractivity contribution in [3.05, 3.63) is 65.5 Å². The topological polar surface area (TPSA) is 138 Å². The van der Waals surface area contributed by atoms with E-state index >= 15 is 0 Å². The minimum absolute atomic E-state index is 0.0156. The molecular weight excluding hydrogens is 496 g/mol. The number of hydrogen-bond acceptors (Lipinski definition) is 6. The van der Waals surface area contributed by atoms with Gasteiger partial charge in [-0.05, 0) is 59.6 Å². The second-order valence-electron chi connectivity index (χ2n) is 10.1. The van der Waals surface area contributed by atoms with Gasteiger partial charge in [-0.15, -0.1) is 5.10 Å². The number of aryl methyl sites for hydroxylation is 1. The predicted octanol–water partition coefficient (Wildman–Crippen LogP) is 3.83. The number of hydrogen-bond donors (Lipinski definition) is 4. The van der Waals surface area contributed by atoms with E-state index in [1.165, 1.54) is 22.3 Å². The van der Waals surface area contributed by atoms with Crippen molar-refractivity contribution in [3.8, 4) is 11.1 Å². The highest BCUT2D eigenvalue weighted by Crippen LogP contribution is 2.37. The third-order valence-electron chi connectivity index (χ3n) is 7.35. The summed E-state index contributed by atoms with van der Waals surface area (Å²) in [5, 5.41) is 22.8. The van der Waals surface area contributed by atoms with Crippen LogP contribution in [0.1, 0.15) is 62.8 Å². The molecule has 1 aromatic heterocycles. The Hall–Kier alpha value is -4.05. The van der Waals surface area contributed by atoms with Crippen LogP contribution < -0.4 is 16.1 Å². The van der Waals surface area contributed by atoms with Gasteiger partial charge in [0.15, 0.2) is 0 Å². The average Bonchev–Trinajstić information content (AvgIpc) is 3.55. The molecule has 1 heterocycles. The van der Waals surface area contributed by atoms with Gasteiger partial charge in [0.25, 0.3) is 0 Å². The van der Waals surface area contributed by atoms with Crippen molar-refractivity contribution >= 4 is 23.4 Å². The van der Waals surface area contributed by atoms with Gasteiger partial charge in [0.2, 0.25) is 17.7 Å². The molecular formula is C29H36N6O4. The number of benzene rings is 2. The van der Waals surface area contributed by atoms with Gasteiger partial charge in [0, 0.05) is 31.0 Å². The molecule has 2 aromatic carbocycles. The average molecular weight is 533 g/mol. The molecule has 10 heteroatoms. The summed E-state index contributed by atoms with van der Waals surface area (Å²) in [4.78, 5) is 36.7. The number of nitrogens with zero attached hydrogens (tertiary/aromatic N) is 3. The molecule has 206 valence electrons. The van der Waals surface area contributed by atoms with Crippen LogP contribution >= 0.6 is 0 Å². The number of carbonyl (C=O) groups excluding carboxylic acids is 3. The van der Waals surface area contributed by atoms with Crippen molar-refractivity contribution < 1.29 is 19.6 Å². The highest BCUT2D eigenvalue weighted by atomic mass is 16.5. The Morgan fingerprint density at radius 2 is 1.85 bits per heavy atom. The zero-order chi connectivity index (χ0) is 27.8. The number of aromatic nitrogens is 3. The number of anilines is 1. The Labute approximate surface area is 228 Å². The van der Waals surface area contributed by atoms with Crippen molar-refractivity contribution in [2.24, 2.45) is 11.8 Å². The number of amides is 3. The summed E-state index contributed by atoms with van der Waals surface area (Å²) >= 11 is 0. The zero-order valence-electron chi connectivity index (χ0n) is 22.4. The molecule has 10 nitrogen and oxygen atoms in total. The predicted molar refractivity (Wildman–Crippen MR) is 147 cm³/mol. The van der Waals surface area contributed by atoms with Crippen molar-refractivity contribution in [2.45, 2.75) is 65.5 Å². The van der Waals surface area contributed by atoms with Crippen LogP contribution in [-0.2, 0) is 33.9 Å². The monoisotopic (exact) mass is 532 g/mol. The van der Waals surface area contributed by atoms with Gasteiger partial charge >= 0.3 is 0 Å². The number of nitrogens with one attached hydrogen (secondary N) is 3. The molecule has 0 saturated carbocycles. The van der Waals surface area contributed by atoms with E-state index in [2.05, 4.69) is 57.3 Å². The Bertz CT molecular complexity index is 1320. The quantitative estimate of drug-likeness (QED) is 0.117. The fraction of sp³-hybridized carbons (Fsp3) is 0.414. The molecule has 4 N–H and O–H groups in total. The largest absolute Gasteiger partial charge is 0.350 e. The van der Waals surface area contributed by atoms with Crippen LogP contribution in [0.2, 0.25) is 0 Å². The standard InChI is InChI=1S/C29H36N6O4/c1-3-19(2)26(16-28(37)33-39)29(38)30-17-23-18-35(34-32-23)13-7-6-10-27(36)31-22-11-12-25-21(15-22)14-20-8-4-5-9-24(20)25/h4-5,8-9,11-12,15,18-19,26,39H,3,6-7,10,13-14,16-17H2,1-2H3,(H,30,38)(H,31,36)(H,33,37). The molecule has 1 aliphatic rings. The van der Waals surface area contributed by atoms with E-state index in [0.717, 1.165) is 24.9 Å². The summed E-state index contributed by atoms with van der Waals surface area (Å²) in [6.07, 6.45) is 5.17. The van der Waals surface area contributed by atoms with Gasteiger partial charge in [0.05, 0.1) is 12.7 Å². The molecule has 4 rings (SSSR count). The molecule has 3 amide bonds. The van der Waals surface area contributed by atoms with Crippen LogP contribution in [0.5, 0.6) is 0 Å². The van der Waals surface area contributed by atoms with Gasteiger partial charge < -0.3 is 10.6 Å². The summed E-state index contributed by atoms with van der Waals surface area (Å²) in [6.45, 7) is 4.65. The fourth-order valence-electron chi connectivity index (χ4n) is 4.93. The van der Waals surface area contributed by atoms with Gasteiger partial charge in [-0.3, -0.25) is 24.3 Å². The van der Waals surface area contributed by atoms with Crippen LogP contribution in [0.4, 0.5) is 5.69 Å². The lowest BCUT2D eigenvalue weighted by atomic mass is 9.88. The number of rotatable bonds is 13. The number of carbonyl (C=O) groups is 3. The second-order valence-corrected chi connectivity index (χ2v) is 10.1. The smallest absolute Gasteiger partial charge is 0.244 e. The van der Waals surface area contributed by atoms with Crippen LogP contribution in [0.25, 0.3) is 11.1 Å². The fourth-order valence-corrected chi connectivity index (χ4v) is 4.93.